The molecule has 1 atom stereocenters. The summed E-state index contributed by atoms with van der Waals surface area (Å²) in [5, 5.41) is 4.92. The molecule has 0 spiro atoms. The van der Waals surface area contributed by atoms with Gasteiger partial charge >= 0.3 is 0 Å². The molecule has 12 heteroatoms. The first-order valence-electron chi connectivity index (χ1n) is 11.4. The summed E-state index contributed by atoms with van der Waals surface area (Å²) >= 11 is 0. The highest BCUT2D eigenvalue weighted by atomic mass is 19.1. The van der Waals surface area contributed by atoms with Crippen LogP contribution in [-0.4, -0.2) is 61.7 Å². The summed E-state index contributed by atoms with van der Waals surface area (Å²) in [5.74, 6) is 3.49. The fourth-order valence-corrected chi connectivity index (χ4v) is 4.47. The monoisotopic (exact) mass is 490 g/mol. The zero-order chi connectivity index (χ0) is 25.0. The predicted molar refractivity (Wildman–Crippen MR) is 127 cm³/mol. The van der Waals surface area contributed by atoms with Gasteiger partial charge in [0.25, 0.3) is 6.01 Å². The van der Waals surface area contributed by atoms with E-state index in [1.165, 1.54) is 12.4 Å². The minimum atomic E-state index is -0.907. The smallest absolute Gasteiger partial charge is 0.298 e. The molecule has 3 aromatic heterocycles. The summed E-state index contributed by atoms with van der Waals surface area (Å²) in [6, 6.07) is 1.16. The van der Waals surface area contributed by atoms with E-state index in [2.05, 4.69) is 38.5 Å². The van der Waals surface area contributed by atoms with Crippen molar-refractivity contribution in [2.24, 2.45) is 0 Å². The van der Waals surface area contributed by atoms with Gasteiger partial charge in [0.15, 0.2) is 17.0 Å². The lowest BCUT2D eigenvalue weighted by Crippen LogP contribution is -2.37. The molecule has 0 saturated carbocycles. The molecule has 2 N–H and O–H groups in total. The first-order valence-corrected chi connectivity index (χ1v) is 11.4. The van der Waals surface area contributed by atoms with Gasteiger partial charge in [-0.15, -0.1) is 0 Å². The van der Waals surface area contributed by atoms with Gasteiger partial charge in [-0.3, -0.25) is 4.79 Å². The molecular weight excluding hydrogens is 470 g/mol. The minimum Gasteiger partial charge on any atom is -0.423 e. The fourth-order valence-electron chi connectivity index (χ4n) is 4.47. The lowest BCUT2D eigenvalue weighted by Gasteiger charge is -2.28. The van der Waals surface area contributed by atoms with E-state index < -0.39 is 17.2 Å². The number of fused-ring (bicyclic) bond motifs is 2. The van der Waals surface area contributed by atoms with Crippen molar-refractivity contribution in [2.75, 3.05) is 36.8 Å². The number of halogens is 2. The molecule has 0 radical (unpaired) electrons. The number of hydrogen-bond acceptors (Lipinski definition) is 8. The Bertz CT molecular complexity index is 1610. The van der Waals surface area contributed by atoms with E-state index in [0.29, 0.717) is 30.5 Å². The summed E-state index contributed by atoms with van der Waals surface area (Å²) in [5.41, 5.74) is 6.18. The Morgan fingerprint density at radius 3 is 2.83 bits per heavy atom. The third-order valence-electron chi connectivity index (χ3n) is 6.51. The number of likely N-dealkylation sites (tertiary alicyclic amines) is 1. The van der Waals surface area contributed by atoms with Crippen molar-refractivity contribution in [3.05, 3.63) is 47.9 Å². The number of aromatic nitrogens is 5. The molecule has 0 aliphatic carbocycles. The maximum Gasteiger partial charge on any atom is 0.298 e. The van der Waals surface area contributed by atoms with Crippen molar-refractivity contribution in [3.63, 3.8) is 0 Å². The van der Waals surface area contributed by atoms with Gasteiger partial charge in [-0.05, 0) is 24.8 Å². The summed E-state index contributed by atoms with van der Waals surface area (Å²) in [4.78, 5) is 28.0. The standard InChI is InChI=1S/C24H20F2N8O2/c1-2-18(35)33-9-6-13(11-33)34-23-19(22(27)28-12-29-23)16(31-34)5-4-14-15(25)10-17-21(20(14)26)30-24(36-17)32-7-3-8-32/h2,10,12-13H,1,3,6-9,11H2,(H2,27,28,29)/t13-/m0/s1. The number of nitrogens with zero attached hydrogens (tertiary/aromatic N) is 7. The molecule has 1 amide bonds. The molecule has 0 bridgehead atoms. The Morgan fingerprint density at radius 2 is 2.08 bits per heavy atom. The zero-order valence-corrected chi connectivity index (χ0v) is 19.0. The number of amides is 1. The van der Waals surface area contributed by atoms with Crippen molar-refractivity contribution >= 4 is 39.9 Å². The topological polar surface area (TPSA) is 119 Å². The van der Waals surface area contributed by atoms with Gasteiger partial charge < -0.3 is 20.0 Å². The van der Waals surface area contributed by atoms with Crippen molar-refractivity contribution in [1.29, 1.82) is 0 Å². The number of anilines is 2. The second kappa shape index (κ2) is 8.30. The second-order valence-corrected chi connectivity index (χ2v) is 8.66. The van der Waals surface area contributed by atoms with Gasteiger partial charge in [-0.2, -0.15) is 10.1 Å². The van der Waals surface area contributed by atoms with E-state index in [9.17, 15) is 9.18 Å². The second-order valence-electron chi connectivity index (χ2n) is 8.66. The van der Waals surface area contributed by atoms with Gasteiger partial charge in [-0.25, -0.2) is 23.4 Å². The SMILES string of the molecule is C=CC(=O)N1CC[C@H](n2nc(C#Cc3c(F)cc4oc(N5CCC5)nc4c3F)c3c(N)ncnc32)C1. The van der Waals surface area contributed by atoms with Crippen LogP contribution in [0.3, 0.4) is 0 Å². The van der Waals surface area contributed by atoms with E-state index in [-0.39, 0.29) is 40.6 Å². The summed E-state index contributed by atoms with van der Waals surface area (Å²) in [6.07, 6.45) is 4.20. The minimum absolute atomic E-state index is 0.0182. The van der Waals surface area contributed by atoms with Crippen LogP contribution in [0.5, 0.6) is 0 Å². The Morgan fingerprint density at radius 1 is 1.25 bits per heavy atom. The van der Waals surface area contributed by atoms with Crippen LogP contribution in [0, 0.1) is 23.5 Å². The zero-order valence-electron chi connectivity index (χ0n) is 19.0. The first kappa shape index (κ1) is 22.0. The van der Waals surface area contributed by atoms with E-state index >= 15 is 4.39 Å². The van der Waals surface area contributed by atoms with Crippen molar-refractivity contribution in [1.82, 2.24) is 29.6 Å². The maximum atomic E-state index is 15.2. The molecule has 2 aliphatic heterocycles. The lowest BCUT2D eigenvalue weighted by molar-refractivity contribution is -0.125. The van der Waals surface area contributed by atoms with Gasteiger partial charge in [-0.1, -0.05) is 12.5 Å². The van der Waals surface area contributed by atoms with Crippen LogP contribution in [0.4, 0.5) is 20.6 Å². The Balaban J connectivity index is 1.41. The largest absolute Gasteiger partial charge is 0.423 e. The highest BCUT2D eigenvalue weighted by molar-refractivity contribution is 5.91. The van der Waals surface area contributed by atoms with Crippen molar-refractivity contribution in [2.45, 2.75) is 18.9 Å². The average molecular weight is 490 g/mol. The van der Waals surface area contributed by atoms with Crippen LogP contribution < -0.4 is 10.6 Å². The number of nitrogens with two attached hydrogens (primary N) is 1. The van der Waals surface area contributed by atoms with E-state index in [4.69, 9.17) is 10.2 Å². The first-order chi connectivity index (χ1) is 17.4. The molecule has 2 saturated heterocycles. The van der Waals surface area contributed by atoms with E-state index in [1.807, 2.05) is 4.90 Å². The third-order valence-corrected chi connectivity index (χ3v) is 6.51. The normalized spacial score (nSPS) is 17.3. The number of benzene rings is 1. The van der Waals surface area contributed by atoms with E-state index in [0.717, 1.165) is 25.6 Å². The maximum absolute atomic E-state index is 15.2. The summed E-state index contributed by atoms with van der Waals surface area (Å²) in [7, 11) is 0. The summed E-state index contributed by atoms with van der Waals surface area (Å²) in [6.45, 7) is 5.98. The number of carbonyl (C=O) groups is 1. The molecule has 4 aromatic rings. The molecule has 182 valence electrons. The van der Waals surface area contributed by atoms with Crippen LogP contribution in [0.25, 0.3) is 22.1 Å². The molecule has 5 heterocycles. The van der Waals surface area contributed by atoms with Crippen LogP contribution in [0.2, 0.25) is 0 Å². The quantitative estimate of drug-likeness (QED) is 0.344. The van der Waals surface area contributed by atoms with Crippen LogP contribution in [0.1, 0.15) is 30.1 Å². The Labute approximate surface area is 203 Å². The molecule has 0 unspecified atom stereocenters. The molecule has 10 nitrogen and oxygen atoms in total. The van der Waals surface area contributed by atoms with E-state index in [1.54, 1.807) is 9.58 Å². The van der Waals surface area contributed by atoms with Crippen LogP contribution >= 0.6 is 0 Å². The van der Waals surface area contributed by atoms with Crippen molar-refractivity contribution < 1.29 is 18.0 Å². The Hall–Kier alpha value is -4.53. The van der Waals surface area contributed by atoms with Crippen molar-refractivity contribution in [3.8, 4) is 11.8 Å². The number of hydrogen-bond donors (Lipinski definition) is 1. The molecule has 2 aliphatic rings. The lowest BCUT2D eigenvalue weighted by atomic mass is 10.1. The predicted octanol–water partition coefficient (Wildman–Crippen LogP) is 2.40. The molecule has 36 heavy (non-hydrogen) atoms. The molecule has 6 rings (SSSR count). The average Bonchev–Trinajstić information content (AvgIpc) is 3.55. The number of rotatable bonds is 3. The highest BCUT2D eigenvalue weighted by Crippen LogP contribution is 2.31. The Kier molecular flexibility index (Phi) is 5.06. The van der Waals surface area contributed by atoms with Gasteiger partial charge in [0.05, 0.1) is 17.0 Å². The summed E-state index contributed by atoms with van der Waals surface area (Å²) < 4.78 is 37.2. The van der Waals surface area contributed by atoms with Gasteiger partial charge in [0, 0.05) is 32.2 Å². The fraction of sp³-hybridized carbons (Fsp3) is 0.292. The van der Waals surface area contributed by atoms with Crippen LogP contribution in [0.15, 0.2) is 29.5 Å². The molecule has 1 aromatic carbocycles. The number of carbonyl (C=O) groups excluding carboxylic acids is 1. The molecule has 2 fully saturated rings. The van der Waals surface area contributed by atoms with Crippen LogP contribution in [-0.2, 0) is 4.79 Å². The third kappa shape index (κ3) is 3.43. The van der Waals surface area contributed by atoms with Gasteiger partial charge in [0.1, 0.15) is 29.2 Å². The van der Waals surface area contributed by atoms with Gasteiger partial charge in [0.2, 0.25) is 5.91 Å². The molecular formula is C24H20F2N8O2. The number of oxazole rings is 1. The number of nitrogen functional groups attached to an aromatic ring is 1. The highest BCUT2D eigenvalue weighted by Gasteiger charge is 2.30.